The van der Waals surface area contributed by atoms with E-state index in [9.17, 15) is 17.8 Å². The summed E-state index contributed by atoms with van der Waals surface area (Å²) in [5.41, 5.74) is 2.10. The van der Waals surface area contributed by atoms with Crippen molar-refractivity contribution >= 4 is 16.1 Å². The Morgan fingerprint density at radius 3 is 2.77 bits per heavy atom. The number of nitrogens with zero attached hydrogens (tertiary/aromatic N) is 1. The Hall–Kier alpha value is -1.48. The first kappa shape index (κ1) is 19.3. The summed E-state index contributed by atoms with van der Waals surface area (Å²) < 4.78 is 42.8. The fraction of sp³-hybridized carbons (Fsp3) is 0.611. The molecule has 26 heavy (non-hydrogen) atoms. The lowest BCUT2D eigenvalue weighted by Gasteiger charge is -2.31. The average Bonchev–Trinajstić information content (AvgIpc) is 2.60. The zero-order valence-corrected chi connectivity index (χ0v) is 15.5. The molecule has 0 amide bonds. The summed E-state index contributed by atoms with van der Waals surface area (Å²) in [5, 5.41) is 0. The van der Waals surface area contributed by atoms with E-state index in [0.29, 0.717) is 32.7 Å². The number of rotatable bonds is 6. The summed E-state index contributed by atoms with van der Waals surface area (Å²) in [6, 6.07) is 7.79. The van der Waals surface area contributed by atoms with E-state index in [0.717, 1.165) is 24.0 Å². The molecule has 2 atom stereocenters. The molecule has 0 radical (unpaired) electrons. The number of morpholine rings is 1. The number of fused-ring (bicyclic) bond motifs is 1. The van der Waals surface area contributed by atoms with Gasteiger partial charge in [-0.05, 0) is 30.4 Å². The Morgan fingerprint density at radius 1 is 1.31 bits per heavy atom. The third-order valence-corrected chi connectivity index (χ3v) is 5.69. The summed E-state index contributed by atoms with van der Waals surface area (Å²) in [6.45, 7) is 2.67. The van der Waals surface area contributed by atoms with Crippen LogP contribution in [-0.2, 0) is 30.8 Å². The summed E-state index contributed by atoms with van der Waals surface area (Å²) in [6.07, 6.45) is 1.61. The molecule has 7 nitrogen and oxygen atoms in total. The molecule has 1 aliphatic heterocycles. The van der Waals surface area contributed by atoms with Crippen molar-refractivity contribution in [2.75, 3.05) is 38.6 Å². The standard InChI is InChI=1S/C18H25NO6S/c20-18(17-7-3-5-14-4-1-2-6-16(14)17)25-15(13-26(21,22)23)12-19-8-10-24-11-9-19/h1-2,4,6,15,17H,3,5,7-13H2,(H,21,22,23). The molecule has 1 heterocycles. The van der Waals surface area contributed by atoms with Crippen molar-refractivity contribution in [1.29, 1.82) is 0 Å². The van der Waals surface area contributed by atoms with Gasteiger partial charge >= 0.3 is 5.97 Å². The molecule has 0 spiro atoms. The van der Waals surface area contributed by atoms with Gasteiger partial charge in [-0.25, -0.2) is 0 Å². The van der Waals surface area contributed by atoms with E-state index >= 15 is 0 Å². The van der Waals surface area contributed by atoms with Crippen LogP contribution < -0.4 is 0 Å². The van der Waals surface area contributed by atoms with Crippen LogP contribution in [0.25, 0.3) is 0 Å². The maximum atomic E-state index is 12.8. The molecule has 2 aliphatic rings. The normalized spacial score (nSPS) is 22.4. The average molecular weight is 383 g/mol. The van der Waals surface area contributed by atoms with E-state index < -0.39 is 27.9 Å². The molecule has 1 fully saturated rings. The lowest BCUT2D eigenvalue weighted by molar-refractivity contribution is -0.151. The van der Waals surface area contributed by atoms with Gasteiger partial charge in [0.2, 0.25) is 0 Å². The minimum atomic E-state index is -4.25. The third kappa shape index (κ3) is 5.26. The number of aryl methyl sites for hydroxylation is 1. The van der Waals surface area contributed by atoms with Crippen molar-refractivity contribution in [3.63, 3.8) is 0 Å². The van der Waals surface area contributed by atoms with Crippen molar-refractivity contribution in [3.8, 4) is 0 Å². The second-order valence-electron chi connectivity index (χ2n) is 6.86. The predicted octanol–water partition coefficient (Wildman–Crippen LogP) is 1.24. The highest BCUT2D eigenvalue weighted by atomic mass is 32.2. The fourth-order valence-electron chi connectivity index (χ4n) is 3.68. The Balaban J connectivity index is 1.70. The molecule has 1 aliphatic carbocycles. The van der Waals surface area contributed by atoms with Gasteiger partial charge in [-0.3, -0.25) is 14.2 Å². The summed E-state index contributed by atoms with van der Waals surface area (Å²) in [4.78, 5) is 14.7. The number of esters is 1. The second kappa shape index (κ2) is 8.47. The summed E-state index contributed by atoms with van der Waals surface area (Å²) >= 11 is 0. The quantitative estimate of drug-likeness (QED) is 0.583. The van der Waals surface area contributed by atoms with Gasteiger partial charge in [-0.15, -0.1) is 0 Å². The van der Waals surface area contributed by atoms with E-state index in [1.165, 1.54) is 0 Å². The smallest absolute Gasteiger partial charge is 0.313 e. The van der Waals surface area contributed by atoms with Crippen molar-refractivity contribution in [3.05, 3.63) is 35.4 Å². The number of hydrogen-bond donors (Lipinski definition) is 1. The molecule has 0 saturated carbocycles. The molecule has 144 valence electrons. The zero-order valence-electron chi connectivity index (χ0n) is 14.7. The van der Waals surface area contributed by atoms with Crippen LogP contribution in [0.3, 0.4) is 0 Å². The molecule has 3 rings (SSSR count). The van der Waals surface area contributed by atoms with Crippen LogP contribution >= 0.6 is 0 Å². The van der Waals surface area contributed by atoms with Gasteiger partial charge in [-0.2, -0.15) is 8.42 Å². The molecule has 0 bridgehead atoms. The molecular weight excluding hydrogens is 358 g/mol. The monoisotopic (exact) mass is 383 g/mol. The number of ether oxygens (including phenoxy) is 2. The second-order valence-corrected chi connectivity index (χ2v) is 8.36. The minimum absolute atomic E-state index is 0.267. The van der Waals surface area contributed by atoms with Crippen LogP contribution in [0.4, 0.5) is 0 Å². The number of benzene rings is 1. The zero-order chi connectivity index (χ0) is 18.6. The van der Waals surface area contributed by atoms with E-state index in [-0.39, 0.29) is 12.5 Å². The van der Waals surface area contributed by atoms with Crippen LogP contribution in [0.1, 0.15) is 29.9 Å². The molecular formula is C18H25NO6S. The third-order valence-electron chi connectivity index (χ3n) is 4.90. The van der Waals surface area contributed by atoms with Gasteiger partial charge in [-0.1, -0.05) is 24.3 Å². The number of carbonyl (C=O) groups is 1. The van der Waals surface area contributed by atoms with Gasteiger partial charge in [0.25, 0.3) is 10.1 Å². The molecule has 1 N–H and O–H groups in total. The number of carbonyl (C=O) groups excluding carboxylic acids is 1. The lowest BCUT2D eigenvalue weighted by Crippen LogP contribution is -2.44. The van der Waals surface area contributed by atoms with E-state index in [4.69, 9.17) is 9.47 Å². The van der Waals surface area contributed by atoms with Crippen LogP contribution in [0.15, 0.2) is 24.3 Å². The molecule has 1 saturated heterocycles. The molecule has 8 heteroatoms. The highest BCUT2D eigenvalue weighted by Crippen LogP contribution is 2.32. The van der Waals surface area contributed by atoms with Gasteiger partial charge in [0.15, 0.2) is 0 Å². The Labute approximate surface area is 154 Å². The van der Waals surface area contributed by atoms with Gasteiger partial charge in [0, 0.05) is 19.6 Å². The molecule has 1 aromatic carbocycles. The van der Waals surface area contributed by atoms with Gasteiger partial charge in [0.05, 0.1) is 19.1 Å². The van der Waals surface area contributed by atoms with Crippen molar-refractivity contribution in [2.45, 2.75) is 31.3 Å². The SMILES string of the molecule is O=C(OC(CN1CCOCC1)CS(=O)(=O)O)C1CCCc2ccccc21. The Bertz CT molecular complexity index is 729. The largest absolute Gasteiger partial charge is 0.459 e. The van der Waals surface area contributed by atoms with Crippen molar-refractivity contribution in [2.24, 2.45) is 0 Å². The predicted molar refractivity (Wildman–Crippen MR) is 95.7 cm³/mol. The fourth-order valence-corrected chi connectivity index (χ4v) is 4.32. The van der Waals surface area contributed by atoms with Crippen molar-refractivity contribution < 1.29 is 27.2 Å². The molecule has 0 aromatic heterocycles. The van der Waals surface area contributed by atoms with E-state index in [2.05, 4.69) is 0 Å². The van der Waals surface area contributed by atoms with Gasteiger partial charge in [0.1, 0.15) is 11.9 Å². The van der Waals surface area contributed by atoms with Crippen LogP contribution in [0.5, 0.6) is 0 Å². The maximum absolute atomic E-state index is 12.8. The van der Waals surface area contributed by atoms with E-state index in [1.807, 2.05) is 29.2 Å². The Kier molecular flexibility index (Phi) is 6.29. The first-order chi connectivity index (χ1) is 12.4. The van der Waals surface area contributed by atoms with Crippen LogP contribution in [-0.4, -0.2) is 68.5 Å². The van der Waals surface area contributed by atoms with E-state index in [1.54, 1.807) is 0 Å². The van der Waals surface area contributed by atoms with Crippen molar-refractivity contribution in [1.82, 2.24) is 4.90 Å². The number of hydrogen-bond acceptors (Lipinski definition) is 6. The highest BCUT2D eigenvalue weighted by molar-refractivity contribution is 7.85. The summed E-state index contributed by atoms with van der Waals surface area (Å²) in [7, 11) is -4.25. The highest BCUT2D eigenvalue weighted by Gasteiger charge is 2.31. The first-order valence-corrected chi connectivity index (χ1v) is 10.6. The minimum Gasteiger partial charge on any atom is -0.459 e. The Morgan fingerprint density at radius 2 is 2.04 bits per heavy atom. The maximum Gasteiger partial charge on any atom is 0.313 e. The topological polar surface area (TPSA) is 93.1 Å². The molecule has 1 aromatic rings. The summed E-state index contributed by atoms with van der Waals surface area (Å²) in [5.74, 6) is -1.39. The van der Waals surface area contributed by atoms with Crippen LogP contribution in [0.2, 0.25) is 0 Å². The lowest BCUT2D eigenvalue weighted by atomic mass is 9.83. The molecule has 2 unspecified atom stereocenters. The first-order valence-electron chi connectivity index (χ1n) is 8.96. The van der Waals surface area contributed by atoms with Crippen LogP contribution in [0, 0.1) is 0 Å². The van der Waals surface area contributed by atoms with Gasteiger partial charge < -0.3 is 9.47 Å².